The van der Waals surface area contributed by atoms with E-state index in [0.717, 1.165) is 19.3 Å². The molecule has 27 heavy (non-hydrogen) atoms. The molecule has 0 N–H and O–H groups in total. The Morgan fingerprint density at radius 3 is 2.63 bits per heavy atom. The summed E-state index contributed by atoms with van der Waals surface area (Å²) in [5, 5.41) is 0. The fraction of sp³-hybridized carbons (Fsp3) is 0.850. The highest BCUT2D eigenvalue weighted by atomic mass is 16.7. The molecule has 2 unspecified atom stereocenters. The molecule has 0 aromatic heterocycles. The van der Waals surface area contributed by atoms with Crippen molar-refractivity contribution in [2.75, 3.05) is 47.4 Å². The van der Waals surface area contributed by atoms with Gasteiger partial charge in [0.15, 0.2) is 5.79 Å². The topological polar surface area (TPSA) is 72.5 Å². The summed E-state index contributed by atoms with van der Waals surface area (Å²) in [5.74, 6) is -1.13. The molecule has 1 saturated heterocycles. The molecule has 3 rings (SSSR count). The molecule has 0 amide bonds. The molecule has 2 saturated carbocycles. The van der Waals surface area contributed by atoms with Gasteiger partial charge in [0.25, 0.3) is 0 Å². The Balaban J connectivity index is 1.94. The van der Waals surface area contributed by atoms with Crippen molar-refractivity contribution in [3.8, 4) is 0 Å². The highest BCUT2D eigenvalue weighted by Crippen LogP contribution is 2.65. The quantitative estimate of drug-likeness (QED) is 0.261. The molecule has 5 atom stereocenters. The summed E-state index contributed by atoms with van der Waals surface area (Å²) in [4.78, 5) is 12.9. The molecule has 2 bridgehead atoms. The molecule has 154 valence electrons. The summed E-state index contributed by atoms with van der Waals surface area (Å²) in [5.41, 5.74) is -0.280. The van der Waals surface area contributed by atoms with Crippen molar-refractivity contribution < 1.29 is 33.2 Å². The van der Waals surface area contributed by atoms with Crippen molar-refractivity contribution in [3.63, 3.8) is 0 Å². The Kier molecular flexibility index (Phi) is 6.58. The average molecular weight is 384 g/mol. The maximum absolute atomic E-state index is 12.9. The highest BCUT2D eigenvalue weighted by molar-refractivity contribution is 5.75. The third-order valence-corrected chi connectivity index (χ3v) is 6.63. The summed E-state index contributed by atoms with van der Waals surface area (Å²) in [6.45, 7) is 8.20. The van der Waals surface area contributed by atoms with Gasteiger partial charge in [-0.1, -0.05) is 13.0 Å². The van der Waals surface area contributed by atoms with E-state index < -0.39 is 5.79 Å². The van der Waals surface area contributed by atoms with Crippen molar-refractivity contribution in [3.05, 3.63) is 12.7 Å². The molecule has 3 aliphatic rings. The van der Waals surface area contributed by atoms with Crippen LogP contribution in [-0.4, -0.2) is 65.3 Å². The monoisotopic (exact) mass is 384 g/mol. The van der Waals surface area contributed by atoms with Crippen LogP contribution in [0.25, 0.3) is 0 Å². The minimum absolute atomic E-state index is 0.0253. The maximum Gasteiger partial charge on any atom is 0.311 e. The minimum atomic E-state index is -0.676. The van der Waals surface area contributed by atoms with Gasteiger partial charge in [0, 0.05) is 19.4 Å². The van der Waals surface area contributed by atoms with Crippen molar-refractivity contribution >= 4 is 5.97 Å². The Labute approximate surface area is 161 Å². The number of ether oxygens (including phenoxy) is 6. The number of esters is 1. The van der Waals surface area contributed by atoms with Gasteiger partial charge in [0.1, 0.15) is 6.79 Å². The first kappa shape index (κ1) is 20.7. The second-order valence-electron chi connectivity index (χ2n) is 7.81. The fourth-order valence-corrected chi connectivity index (χ4v) is 5.51. The third-order valence-electron chi connectivity index (χ3n) is 6.63. The van der Waals surface area contributed by atoms with Gasteiger partial charge < -0.3 is 28.4 Å². The number of hydrogen-bond acceptors (Lipinski definition) is 7. The van der Waals surface area contributed by atoms with E-state index >= 15 is 0 Å². The maximum atomic E-state index is 12.9. The Morgan fingerprint density at radius 2 is 2.00 bits per heavy atom. The third kappa shape index (κ3) is 3.56. The molecule has 2 aliphatic carbocycles. The van der Waals surface area contributed by atoms with Crippen LogP contribution < -0.4 is 0 Å². The highest BCUT2D eigenvalue weighted by Gasteiger charge is 2.70. The smallest absolute Gasteiger partial charge is 0.311 e. The lowest BCUT2D eigenvalue weighted by molar-refractivity contribution is -0.239. The van der Waals surface area contributed by atoms with Gasteiger partial charge in [-0.3, -0.25) is 4.79 Å². The van der Waals surface area contributed by atoms with E-state index in [0.29, 0.717) is 26.4 Å². The molecular weight excluding hydrogens is 352 g/mol. The molecule has 0 aromatic rings. The molecule has 1 spiro atoms. The Bertz CT molecular complexity index is 530. The second kappa shape index (κ2) is 8.57. The van der Waals surface area contributed by atoms with E-state index in [1.165, 1.54) is 7.11 Å². The molecule has 0 aromatic carbocycles. The van der Waals surface area contributed by atoms with Crippen molar-refractivity contribution in [2.45, 2.75) is 38.1 Å². The van der Waals surface area contributed by atoms with Gasteiger partial charge in [-0.2, -0.15) is 0 Å². The molecule has 3 fully saturated rings. The van der Waals surface area contributed by atoms with Crippen LogP contribution in [-0.2, 0) is 33.2 Å². The number of carbonyl (C=O) groups is 1. The van der Waals surface area contributed by atoms with Gasteiger partial charge in [-0.05, 0) is 24.2 Å². The van der Waals surface area contributed by atoms with Crippen LogP contribution in [0.3, 0.4) is 0 Å². The fourth-order valence-electron chi connectivity index (χ4n) is 5.51. The van der Waals surface area contributed by atoms with Crippen LogP contribution >= 0.6 is 0 Å². The van der Waals surface area contributed by atoms with E-state index in [4.69, 9.17) is 28.4 Å². The zero-order valence-electron chi connectivity index (χ0n) is 16.6. The van der Waals surface area contributed by atoms with Crippen molar-refractivity contribution in [1.82, 2.24) is 0 Å². The number of rotatable bonds is 9. The molecule has 1 aliphatic heterocycles. The van der Waals surface area contributed by atoms with Crippen LogP contribution in [0.5, 0.6) is 0 Å². The van der Waals surface area contributed by atoms with E-state index in [2.05, 4.69) is 13.5 Å². The summed E-state index contributed by atoms with van der Waals surface area (Å²) < 4.78 is 34.2. The molecular formula is C20H32O7. The van der Waals surface area contributed by atoms with E-state index in [1.54, 1.807) is 13.2 Å². The Morgan fingerprint density at radius 1 is 1.26 bits per heavy atom. The lowest BCUT2D eigenvalue weighted by atomic mass is 9.61. The summed E-state index contributed by atoms with van der Waals surface area (Å²) in [7, 11) is 3.04. The zero-order valence-corrected chi connectivity index (χ0v) is 16.6. The SMILES string of the molecule is C=CCOC1C(C(=O)OC)[C@]2(CCOCOC)C[C@H]1C1(C[C@@H]2C)OCCO1. The standard InChI is InChI=1S/C20H32O7/c1-5-7-25-17-15-12-19(6-8-24-13-22-3,16(17)18(21)23-4)14(2)11-20(15)26-9-10-27-20/h5,14-17H,1,6-13H2,2-4H3/t14-,15+,16?,17?,19+/m0/s1. The van der Waals surface area contributed by atoms with Gasteiger partial charge in [0.05, 0.1) is 45.6 Å². The van der Waals surface area contributed by atoms with Crippen molar-refractivity contribution in [1.29, 1.82) is 0 Å². The molecule has 7 nitrogen and oxygen atoms in total. The van der Waals surface area contributed by atoms with Gasteiger partial charge >= 0.3 is 5.97 Å². The van der Waals surface area contributed by atoms with Crippen LogP contribution in [0.2, 0.25) is 0 Å². The second-order valence-corrected chi connectivity index (χ2v) is 7.81. The number of carbonyl (C=O) groups excluding carboxylic acids is 1. The van der Waals surface area contributed by atoms with Gasteiger partial charge in [-0.25, -0.2) is 0 Å². The summed E-state index contributed by atoms with van der Waals surface area (Å²) in [6, 6.07) is 0. The van der Waals surface area contributed by atoms with E-state index in [-0.39, 0.29) is 42.0 Å². The lowest BCUT2D eigenvalue weighted by Gasteiger charge is -2.47. The largest absolute Gasteiger partial charge is 0.469 e. The van der Waals surface area contributed by atoms with Gasteiger partial charge in [-0.15, -0.1) is 6.58 Å². The van der Waals surface area contributed by atoms with Crippen molar-refractivity contribution in [2.24, 2.45) is 23.2 Å². The van der Waals surface area contributed by atoms with Gasteiger partial charge in [0.2, 0.25) is 0 Å². The lowest BCUT2D eigenvalue weighted by Crippen LogP contribution is -2.49. The van der Waals surface area contributed by atoms with Crippen LogP contribution in [0.1, 0.15) is 26.2 Å². The van der Waals surface area contributed by atoms with Crippen LogP contribution in [0.15, 0.2) is 12.7 Å². The average Bonchev–Trinajstić information content (AvgIpc) is 3.24. The predicted octanol–water partition coefficient (Wildman–Crippen LogP) is 2.15. The number of methoxy groups -OCH3 is 2. The molecule has 1 heterocycles. The van der Waals surface area contributed by atoms with E-state index in [9.17, 15) is 4.79 Å². The first-order valence-electron chi connectivity index (χ1n) is 9.69. The first-order valence-corrected chi connectivity index (χ1v) is 9.69. The van der Waals surface area contributed by atoms with E-state index in [1.807, 2.05) is 0 Å². The summed E-state index contributed by atoms with van der Waals surface area (Å²) in [6.07, 6.45) is 3.63. The normalized spacial score (nSPS) is 36.9. The van der Waals surface area contributed by atoms with Crippen LogP contribution in [0, 0.1) is 23.2 Å². The summed E-state index contributed by atoms with van der Waals surface area (Å²) >= 11 is 0. The zero-order chi connectivity index (χ0) is 19.5. The van der Waals surface area contributed by atoms with Crippen LogP contribution in [0.4, 0.5) is 0 Å². The predicted molar refractivity (Wildman–Crippen MR) is 96.8 cm³/mol. The first-order chi connectivity index (χ1) is 13.0. The minimum Gasteiger partial charge on any atom is -0.469 e. The number of hydrogen-bond donors (Lipinski definition) is 0. The Hall–Kier alpha value is -0.990. The number of fused-ring (bicyclic) bond motifs is 3. The molecule has 0 radical (unpaired) electrons. The molecule has 7 heteroatoms.